The van der Waals surface area contributed by atoms with E-state index in [1.165, 1.54) is 5.56 Å². The topological polar surface area (TPSA) is 50.8 Å². The van der Waals surface area contributed by atoms with E-state index in [0.717, 1.165) is 19.5 Å². The van der Waals surface area contributed by atoms with Crippen LogP contribution in [0.1, 0.15) is 24.8 Å². The van der Waals surface area contributed by atoms with Gasteiger partial charge in [0, 0.05) is 19.0 Å². The Morgan fingerprint density at radius 1 is 1.38 bits per heavy atom. The van der Waals surface area contributed by atoms with Crippen molar-refractivity contribution in [3.8, 4) is 0 Å². The normalized spacial score (nSPS) is 29.6. The molecular weight excluding hydrogens is 309 g/mol. The van der Waals surface area contributed by atoms with Crippen molar-refractivity contribution in [3.05, 3.63) is 33.8 Å². The van der Waals surface area contributed by atoms with Gasteiger partial charge in [-0.1, -0.05) is 29.3 Å². The fraction of sp³-hybridized carbons (Fsp3) is 0.533. The standard InChI is InChI=1S/C15H19Cl2N3O/c1-9-8-20(4-5-21-9)15(18)19-14-7-11(14)10-2-3-12(16)13(17)6-10/h2-3,6,9,11,14H,4-5,7-8H2,1H3,(H2,18,19)/t9?,11-,14+/m0/s1. The minimum absolute atomic E-state index is 0.206. The van der Waals surface area contributed by atoms with Gasteiger partial charge in [0.15, 0.2) is 5.96 Å². The molecule has 2 aliphatic rings. The molecule has 3 atom stereocenters. The number of rotatable bonds is 2. The highest BCUT2D eigenvalue weighted by molar-refractivity contribution is 6.42. The summed E-state index contributed by atoms with van der Waals surface area (Å²) >= 11 is 12.0. The second-order valence-electron chi connectivity index (χ2n) is 5.70. The second-order valence-corrected chi connectivity index (χ2v) is 6.51. The summed E-state index contributed by atoms with van der Waals surface area (Å²) in [5.74, 6) is 1.02. The smallest absolute Gasteiger partial charge is 0.191 e. The van der Waals surface area contributed by atoms with E-state index in [2.05, 4.69) is 16.8 Å². The van der Waals surface area contributed by atoms with Crippen LogP contribution in [0.2, 0.25) is 10.0 Å². The summed E-state index contributed by atoms with van der Waals surface area (Å²) in [5, 5.41) is 1.18. The molecule has 0 radical (unpaired) electrons. The molecule has 0 bridgehead atoms. The van der Waals surface area contributed by atoms with E-state index in [4.69, 9.17) is 33.7 Å². The van der Waals surface area contributed by atoms with Crippen molar-refractivity contribution in [2.75, 3.05) is 19.7 Å². The van der Waals surface area contributed by atoms with E-state index < -0.39 is 0 Å². The Hall–Kier alpha value is -0.970. The molecule has 3 rings (SSSR count). The fourth-order valence-corrected chi connectivity index (χ4v) is 3.01. The Kier molecular flexibility index (Phi) is 4.29. The van der Waals surface area contributed by atoms with Gasteiger partial charge in [-0.25, -0.2) is 4.99 Å². The van der Waals surface area contributed by atoms with E-state index in [1.807, 2.05) is 18.2 Å². The number of ether oxygens (including phenoxy) is 1. The Morgan fingerprint density at radius 3 is 2.90 bits per heavy atom. The number of nitrogens with zero attached hydrogens (tertiary/aromatic N) is 2. The van der Waals surface area contributed by atoms with Crippen molar-refractivity contribution in [2.24, 2.45) is 10.7 Å². The lowest BCUT2D eigenvalue weighted by Gasteiger charge is -2.31. The first kappa shape index (κ1) is 14.9. The van der Waals surface area contributed by atoms with Gasteiger partial charge in [-0.05, 0) is 31.0 Å². The lowest BCUT2D eigenvalue weighted by atomic mass is 10.1. The number of halogens is 2. The van der Waals surface area contributed by atoms with Gasteiger partial charge < -0.3 is 15.4 Å². The van der Waals surface area contributed by atoms with Crippen LogP contribution in [-0.4, -0.2) is 42.7 Å². The molecule has 1 aliphatic heterocycles. The number of morpholine rings is 1. The van der Waals surface area contributed by atoms with E-state index in [0.29, 0.717) is 28.5 Å². The maximum absolute atomic E-state index is 6.12. The molecule has 1 heterocycles. The van der Waals surface area contributed by atoms with Gasteiger partial charge in [-0.15, -0.1) is 0 Å². The summed E-state index contributed by atoms with van der Waals surface area (Å²) in [7, 11) is 0. The van der Waals surface area contributed by atoms with E-state index in [1.54, 1.807) is 0 Å². The Labute approximate surface area is 134 Å². The molecule has 2 fully saturated rings. The number of hydrogen-bond donors (Lipinski definition) is 1. The zero-order valence-corrected chi connectivity index (χ0v) is 13.4. The maximum atomic E-state index is 6.12. The maximum Gasteiger partial charge on any atom is 0.191 e. The highest BCUT2D eigenvalue weighted by Gasteiger charge is 2.39. The lowest BCUT2D eigenvalue weighted by Crippen LogP contribution is -2.48. The number of hydrogen-bond acceptors (Lipinski definition) is 2. The van der Waals surface area contributed by atoms with Crippen LogP contribution in [-0.2, 0) is 4.74 Å². The Morgan fingerprint density at radius 2 is 2.19 bits per heavy atom. The predicted octanol–water partition coefficient (Wildman–Crippen LogP) is 2.88. The van der Waals surface area contributed by atoms with Gasteiger partial charge >= 0.3 is 0 Å². The summed E-state index contributed by atoms with van der Waals surface area (Å²) in [6.45, 7) is 4.37. The molecular formula is C15H19Cl2N3O. The van der Waals surface area contributed by atoms with E-state index >= 15 is 0 Å². The fourth-order valence-electron chi connectivity index (χ4n) is 2.70. The van der Waals surface area contributed by atoms with Gasteiger partial charge in [-0.2, -0.15) is 0 Å². The highest BCUT2D eigenvalue weighted by atomic mass is 35.5. The molecule has 4 nitrogen and oxygen atoms in total. The molecule has 1 unspecified atom stereocenters. The molecule has 0 aromatic heterocycles. The first-order valence-corrected chi connectivity index (χ1v) is 7.95. The van der Waals surface area contributed by atoms with Crippen LogP contribution in [0.25, 0.3) is 0 Å². The number of nitrogens with two attached hydrogens (primary N) is 1. The summed E-state index contributed by atoms with van der Waals surface area (Å²) in [6.07, 6.45) is 1.22. The van der Waals surface area contributed by atoms with Crippen molar-refractivity contribution in [3.63, 3.8) is 0 Å². The highest BCUT2D eigenvalue weighted by Crippen LogP contribution is 2.44. The third-order valence-electron chi connectivity index (χ3n) is 3.99. The molecule has 21 heavy (non-hydrogen) atoms. The van der Waals surface area contributed by atoms with E-state index in [9.17, 15) is 0 Å². The van der Waals surface area contributed by atoms with Crippen molar-refractivity contribution in [1.82, 2.24) is 4.90 Å². The van der Waals surface area contributed by atoms with Crippen LogP contribution in [0.3, 0.4) is 0 Å². The molecule has 6 heteroatoms. The molecule has 0 amide bonds. The van der Waals surface area contributed by atoms with Crippen LogP contribution in [0.4, 0.5) is 0 Å². The zero-order chi connectivity index (χ0) is 15.0. The first-order valence-electron chi connectivity index (χ1n) is 7.19. The third-order valence-corrected chi connectivity index (χ3v) is 4.73. The molecule has 1 saturated carbocycles. The molecule has 0 spiro atoms. The summed E-state index contributed by atoms with van der Waals surface area (Å²) in [6, 6.07) is 6.03. The molecule has 1 aromatic rings. The number of aliphatic imine (C=N–C) groups is 1. The van der Waals surface area contributed by atoms with Crippen molar-refractivity contribution < 1.29 is 4.74 Å². The van der Waals surface area contributed by atoms with Crippen LogP contribution in [0, 0.1) is 0 Å². The predicted molar refractivity (Wildman–Crippen MR) is 86.2 cm³/mol. The van der Waals surface area contributed by atoms with Gasteiger partial charge in [0.1, 0.15) is 0 Å². The summed E-state index contributed by atoms with van der Waals surface area (Å²) in [4.78, 5) is 6.74. The SMILES string of the molecule is CC1CN(C(N)=N[C@@H]2C[C@H]2c2ccc(Cl)c(Cl)c2)CCO1. The Bertz CT molecular complexity index is 564. The largest absolute Gasteiger partial charge is 0.375 e. The number of guanidine groups is 1. The third kappa shape index (κ3) is 3.44. The molecule has 1 aromatic carbocycles. The Balaban J connectivity index is 1.64. The van der Waals surface area contributed by atoms with Gasteiger partial charge in [0.05, 0.1) is 28.8 Å². The van der Waals surface area contributed by atoms with Crippen LogP contribution in [0.15, 0.2) is 23.2 Å². The summed E-state index contributed by atoms with van der Waals surface area (Å²) in [5.41, 5.74) is 7.30. The van der Waals surface area contributed by atoms with Gasteiger partial charge in [-0.3, -0.25) is 0 Å². The summed E-state index contributed by atoms with van der Waals surface area (Å²) < 4.78 is 5.51. The van der Waals surface area contributed by atoms with E-state index in [-0.39, 0.29) is 12.1 Å². The minimum atomic E-state index is 0.206. The van der Waals surface area contributed by atoms with Gasteiger partial charge in [0.2, 0.25) is 0 Å². The lowest BCUT2D eigenvalue weighted by molar-refractivity contribution is 0.00528. The van der Waals surface area contributed by atoms with Crippen LogP contribution < -0.4 is 5.73 Å². The van der Waals surface area contributed by atoms with Gasteiger partial charge in [0.25, 0.3) is 0 Å². The van der Waals surface area contributed by atoms with Crippen molar-refractivity contribution in [1.29, 1.82) is 0 Å². The van der Waals surface area contributed by atoms with Crippen molar-refractivity contribution >= 4 is 29.2 Å². The number of benzene rings is 1. The minimum Gasteiger partial charge on any atom is -0.375 e. The van der Waals surface area contributed by atoms with Crippen LogP contribution in [0.5, 0.6) is 0 Å². The quantitative estimate of drug-likeness (QED) is 0.671. The second kappa shape index (κ2) is 6.03. The molecule has 1 aliphatic carbocycles. The first-order chi connectivity index (χ1) is 10.0. The van der Waals surface area contributed by atoms with Crippen molar-refractivity contribution in [2.45, 2.75) is 31.4 Å². The van der Waals surface area contributed by atoms with Crippen LogP contribution >= 0.6 is 23.2 Å². The average Bonchev–Trinajstić information content (AvgIpc) is 3.21. The molecule has 1 saturated heterocycles. The molecule has 2 N–H and O–H groups in total. The monoisotopic (exact) mass is 327 g/mol. The average molecular weight is 328 g/mol. The molecule has 114 valence electrons. The zero-order valence-electron chi connectivity index (χ0n) is 11.9.